The Bertz CT molecular complexity index is 443. The average molecular weight is 273 g/mol. The molecule has 0 fully saturated rings. The first-order chi connectivity index (χ1) is 8.60. The lowest BCUT2D eigenvalue weighted by Crippen LogP contribution is -2.09. The number of carbonyl (C=O) groups excluding carboxylic acids is 1. The van der Waals surface area contributed by atoms with Gasteiger partial charge in [-0.2, -0.15) is 0 Å². The van der Waals surface area contributed by atoms with E-state index in [0.717, 1.165) is 6.42 Å². The highest BCUT2D eigenvalue weighted by atomic mass is 35.5. The molecule has 0 unspecified atom stereocenters. The van der Waals surface area contributed by atoms with Crippen LogP contribution in [-0.2, 0) is 11.2 Å². The summed E-state index contributed by atoms with van der Waals surface area (Å²) in [6.07, 6.45) is 1.50. The summed E-state index contributed by atoms with van der Waals surface area (Å²) in [5, 5.41) is 0.431. The van der Waals surface area contributed by atoms with Gasteiger partial charge in [-0.3, -0.25) is 0 Å². The Morgan fingerprint density at radius 1 is 1.22 bits per heavy atom. The van der Waals surface area contributed by atoms with E-state index in [2.05, 4.69) is 0 Å². The maximum absolute atomic E-state index is 11.8. The zero-order valence-electron chi connectivity index (χ0n) is 11.0. The van der Waals surface area contributed by atoms with E-state index in [-0.39, 0.29) is 0 Å². The Hall–Kier alpha value is -1.42. The molecule has 5 heteroatoms. The zero-order chi connectivity index (χ0) is 13.7. The normalized spacial score (nSPS) is 10.1. The predicted octanol–water partition coefficient (Wildman–Crippen LogP) is 3.10. The van der Waals surface area contributed by atoms with Gasteiger partial charge in [0, 0.05) is 6.07 Å². The minimum absolute atomic E-state index is 0.368. The monoisotopic (exact) mass is 272 g/mol. The first-order valence-electron chi connectivity index (χ1n) is 5.62. The van der Waals surface area contributed by atoms with E-state index >= 15 is 0 Å². The summed E-state index contributed by atoms with van der Waals surface area (Å²) in [5.41, 5.74) is 1.06. The topological polar surface area (TPSA) is 44.8 Å². The Morgan fingerprint density at radius 2 is 1.83 bits per heavy atom. The van der Waals surface area contributed by atoms with Gasteiger partial charge in [-0.1, -0.05) is 24.9 Å². The molecule has 0 saturated heterocycles. The van der Waals surface area contributed by atoms with Crippen molar-refractivity contribution in [1.29, 1.82) is 0 Å². The van der Waals surface area contributed by atoms with Gasteiger partial charge < -0.3 is 14.2 Å². The van der Waals surface area contributed by atoms with Crippen LogP contribution < -0.4 is 9.47 Å². The van der Waals surface area contributed by atoms with Crippen LogP contribution in [-0.4, -0.2) is 27.3 Å². The number of carbonyl (C=O) groups is 1. The number of esters is 1. The van der Waals surface area contributed by atoms with E-state index in [4.69, 9.17) is 25.8 Å². The molecule has 0 radical (unpaired) electrons. The third kappa shape index (κ3) is 2.70. The van der Waals surface area contributed by atoms with Crippen LogP contribution >= 0.6 is 11.6 Å². The molecule has 1 rings (SSSR count). The second-order valence-electron chi connectivity index (χ2n) is 3.69. The highest BCUT2D eigenvalue weighted by Crippen LogP contribution is 2.38. The van der Waals surface area contributed by atoms with E-state index < -0.39 is 5.97 Å². The predicted molar refractivity (Wildman–Crippen MR) is 69.9 cm³/mol. The van der Waals surface area contributed by atoms with Crippen molar-refractivity contribution in [3.8, 4) is 11.5 Å². The maximum atomic E-state index is 11.8. The summed E-state index contributed by atoms with van der Waals surface area (Å²) < 4.78 is 15.2. The number of rotatable bonds is 5. The zero-order valence-corrected chi connectivity index (χ0v) is 11.8. The van der Waals surface area contributed by atoms with E-state index in [1.807, 2.05) is 6.92 Å². The molecular weight excluding hydrogens is 256 g/mol. The maximum Gasteiger partial charge on any atom is 0.341 e. The van der Waals surface area contributed by atoms with Crippen LogP contribution in [0.4, 0.5) is 0 Å². The molecule has 0 N–H and O–H groups in total. The van der Waals surface area contributed by atoms with E-state index in [9.17, 15) is 4.79 Å². The van der Waals surface area contributed by atoms with Crippen LogP contribution in [0.25, 0.3) is 0 Å². The molecule has 0 atom stereocenters. The van der Waals surface area contributed by atoms with Crippen LogP contribution in [0.15, 0.2) is 6.07 Å². The minimum Gasteiger partial charge on any atom is -0.496 e. The van der Waals surface area contributed by atoms with Gasteiger partial charge in [-0.25, -0.2) is 4.79 Å². The van der Waals surface area contributed by atoms with Crippen LogP contribution in [0.1, 0.15) is 29.3 Å². The SMILES string of the molecule is CCCc1c(Cl)c(OC)cc(OC)c1C(=O)OC. The van der Waals surface area contributed by atoms with Gasteiger partial charge in [0.25, 0.3) is 0 Å². The summed E-state index contributed by atoms with van der Waals surface area (Å²) >= 11 is 6.23. The fourth-order valence-electron chi connectivity index (χ4n) is 1.78. The van der Waals surface area contributed by atoms with Crippen LogP contribution in [0, 0.1) is 0 Å². The molecule has 0 aliphatic rings. The summed E-state index contributed by atoms with van der Waals surface area (Å²) in [7, 11) is 4.34. The van der Waals surface area contributed by atoms with Crippen LogP contribution in [0.3, 0.4) is 0 Å². The van der Waals surface area contributed by atoms with Crippen molar-refractivity contribution in [2.75, 3.05) is 21.3 Å². The molecule has 0 spiro atoms. The number of hydrogen-bond donors (Lipinski definition) is 0. The summed E-state index contributed by atoms with van der Waals surface area (Å²) in [6, 6.07) is 1.59. The molecule has 0 aromatic heterocycles. The molecule has 0 heterocycles. The van der Waals surface area contributed by atoms with Crippen molar-refractivity contribution in [3.05, 3.63) is 22.2 Å². The minimum atomic E-state index is -0.458. The van der Waals surface area contributed by atoms with E-state index in [1.165, 1.54) is 21.3 Å². The lowest BCUT2D eigenvalue weighted by molar-refractivity contribution is 0.0595. The Balaban J connectivity index is 3.52. The van der Waals surface area contributed by atoms with Crippen molar-refractivity contribution in [2.24, 2.45) is 0 Å². The lowest BCUT2D eigenvalue weighted by atomic mass is 10.0. The van der Waals surface area contributed by atoms with Gasteiger partial charge in [0.1, 0.15) is 17.1 Å². The van der Waals surface area contributed by atoms with Gasteiger partial charge in [0.2, 0.25) is 0 Å². The van der Waals surface area contributed by atoms with Crippen molar-refractivity contribution in [2.45, 2.75) is 19.8 Å². The molecule has 18 heavy (non-hydrogen) atoms. The molecule has 0 bridgehead atoms. The molecule has 1 aromatic carbocycles. The second kappa shape index (κ2) is 6.50. The number of methoxy groups -OCH3 is 3. The summed E-state index contributed by atoms with van der Waals surface area (Å²) in [6.45, 7) is 2.00. The van der Waals surface area contributed by atoms with Gasteiger partial charge in [0.05, 0.1) is 26.4 Å². The van der Waals surface area contributed by atoms with Crippen molar-refractivity contribution in [1.82, 2.24) is 0 Å². The Labute approximate surface area is 112 Å². The molecule has 1 aromatic rings. The second-order valence-corrected chi connectivity index (χ2v) is 4.07. The fourth-order valence-corrected chi connectivity index (χ4v) is 2.10. The molecule has 0 saturated carbocycles. The van der Waals surface area contributed by atoms with Gasteiger partial charge >= 0.3 is 5.97 Å². The summed E-state index contributed by atoms with van der Waals surface area (Å²) in [5.74, 6) is 0.441. The Kier molecular flexibility index (Phi) is 5.28. The average Bonchev–Trinajstić information content (AvgIpc) is 2.40. The first kappa shape index (κ1) is 14.6. The number of hydrogen-bond acceptors (Lipinski definition) is 4. The number of ether oxygens (including phenoxy) is 3. The smallest absolute Gasteiger partial charge is 0.341 e. The summed E-state index contributed by atoms with van der Waals surface area (Å²) in [4.78, 5) is 11.8. The standard InChI is InChI=1S/C13H17ClO4/c1-5-6-8-11(13(15)18-4)9(16-2)7-10(17-3)12(8)14/h7H,5-6H2,1-4H3. The molecule has 0 amide bonds. The van der Waals surface area contributed by atoms with Crippen LogP contribution in [0.2, 0.25) is 5.02 Å². The largest absolute Gasteiger partial charge is 0.496 e. The third-order valence-electron chi connectivity index (χ3n) is 2.62. The quantitative estimate of drug-likeness (QED) is 0.773. The van der Waals surface area contributed by atoms with Crippen molar-refractivity contribution < 1.29 is 19.0 Å². The molecule has 0 aliphatic carbocycles. The number of halogens is 1. The fraction of sp³-hybridized carbons (Fsp3) is 0.462. The highest BCUT2D eigenvalue weighted by molar-refractivity contribution is 6.33. The third-order valence-corrected chi connectivity index (χ3v) is 3.04. The molecule has 4 nitrogen and oxygen atoms in total. The highest BCUT2D eigenvalue weighted by Gasteiger charge is 2.23. The van der Waals surface area contributed by atoms with Gasteiger partial charge in [-0.15, -0.1) is 0 Å². The molecular formula is C13H17ClO4. The van der Waals surface area contributed by atoms with E-state index in [1.54, 1.807) is 6.07 Å². The molecule has 0 aliphatic heterocycles. The van der Waals surface area contributed by atoms with Gasteiger partial charge in [0.15, 0.2) is 0 Å². The van der Waals surface area contributed by atoms with Gasteiger partial charge in [-0.05, 0) is 12.0 Å². The van der Waals surface area contributed by atoms with Crippen molar-refractivity contribution >= 4 is 17.6 Å². The number of benzene rings is 1. The van der Waals surface area contributed by atoms with E-state index in [0.29, 0.717) is 34.1 Å². The Morgan fingerprint density at radius 3 is 2.28 bits per heavy atom. The van der Waals surface area contributed by atoms with Crippen molar-refractivity contribution in [3.63, 3.8) is 0 Å². The first-order valence-corrected chi connectivity index (χ1v) is 6.00. The van der Waals surface area contributed by atoms with Crippen LogP contribution in [0.5, 0.6) is 11.5 Å². The molecule has 100 valence electrons. The lowest BCUT2D eigenvalue weighted by Gasteiger charge is -2.16.